The van der Waals surface area contributed by atoms with Crippen molar-refractivity contribution in [3.05, 3.63) is 51.9 Å². The van der Waals surface area contributed by atoms with Gasteiger partial charge in [-0.05, 0) is 36.8 Å². The third-order valence-corrected chi connectivity index (χ3v) is 6.12. The number of anilines is 1. The van der Waals surface area contributed by atoms with Crippen molar-refractivity contribution in [1.29, 1.82) is 5.26 Å². The molecule has 1 unspecified atom stereocenters. The quantitative estimate of drug-likeness (QED) is 0.903. The second-order valence-electron chi connectivity index (χ2n) is 6.73. The molecule has 1 aromatic carbocycles. The van der Waals surface area contributed by atoms with Crippen LogP contribution in [0.3, 0.4) is 0 Å². The highest BCUT2D eigenvalue weighted by Gasteiger charge is 2.40. The van der Waals surface area contributed by atoms with E-state index < -0.39 is 5.41 Å². The molecule has 4 rings (SSSR count). The minimum atomic E-state index is -0.518. The number of hydrogen-bond acceptors (Lipinski definition) is 4. The Morgan fingerprint density at radius 3 is 2.75 bits per heavy atom. The van der Waals surface area contributed by atoms with Crippen LogP contribution in [-0.2, 0) is 18.3 Å². The number of rotatable bonds is 3. The Labute approximate surface area is 145 Å². The predicted octanol–water partition coefficient (Wildman–Crippen LogP) is 3.17. The van der Waals surface area contributed by atoms with Gasteiger partial charge in [0.1, 0.15) is 0 Å². The van der Waals surface area contributed by atoms with Gasteiger partial charge in [0.05, 0.1) is 22.0 Å². The molecule has 122 valence electrons. The molecule has 1 amide bonds. The van der Waals surface area contributed by atoms with Crippen molar-refractivity contribution in [2.24, 2.45) is 0 Å². The SMILES string of the molecule is N#CC1(c2ccccc2)CCc2c(sc(N)c2C(=O)NC2CC2)C1. The third kappa shape index (κ3) is 2.47. The van der Waals surface area contributed by atoms with Crippen LogP contribution in [0.5, 0.6) is 0 Å². The molecular weight excluding hydrogens is 318 g/mol. The topological polar surface area (TPSA) is 78.9 Å². The number of hydrogen-bond donors (Lipinski definition) is 2. The highest BCUT2D eigenvalue weighted by Crippen LogP contribution is 2.44. The lowest BCUT2D eigenvalue weighted by Crippen LogP contribution is -2.32. The minimum absolute atomic E-state index is 0.0448. The molecule has 4 nitrogen and oxygen atoms in total. The first-order valence-corrected chi connectivity index (χ1v) is 9.12. The highest BCUT2D eigenvalue weighted by atomic mass is 32.1. The second-order valence-corrected chi connectivity index (χ2v) is 7.86. The first-order chi connectivity index (χ1) is 11.6. The van der Waals surface area contributed by atoms with Gasteiger partial charge < -0.3 is 11.1 Å². The molecule has 0 aliphatic heterocycles. The fraction of sp³-hybridized carbons (Fsp3) is 0.368. The van der Waals surface area contributed by atoms with Gasteiger partial charge in [-0.25, -0.2) is 0 Å². The predicted molar refractivity (Wildman–Crippen MR) is 95.0 cm³/mol. The molecule has 0 saturated heterocycles. The molecule has 2 aromatic rings. The molecule has 1 atom stereocenters. The van der Waals surface area contributed by atoms with E-state index >= 15 is 0 Å². The number of nitrogens with zero attached hydrogens (tertiary/aromatic N) is 1. The van der Waals surface area contributed by atoms with Gasteiger partial charge >= 0.3 is 0 Å². The van der Waals surface area contributed by atoms with Crippen molar-refractivity contribution in [3.8, 4) is 6.07 Å². The zero-order valence-corrected chi connectivity index (χ0v) is 14.2. The van der Waals surface area contributed by atoms with Crippen molar-refractivity contribution in [3.63, 3.8) is 0 Å². The lowest BCUT2D eigenvalue weighted by Gasteiger charge is -2.31. The number of carbonyl (C=O) groups excluding carboxylic acids is 1. The highest BCUT2D eigenvalue weighted by molar-refractivity contribution is 7.16. The Morgan fingerprint density at radius 2 is 2.08 bits per heavy atom. The number of carbonyl (C=O) groups is 1. The maximum atomic E-state index is 12.5. The Kier molecular flexibility index (Phi) is 3.58. The molecule has 2 aliphatic rings. The second kappa shape index (κ2) is 5.64. The van der Waals surface area contributed by atoms with E-state index in [-0.39, 0.29) is 5.91 Å². The number of fused-ring (bicyclic) bond motifs is 1. The molecule has 0 spiro atoms. The van der Waals surface area contributed by atoms with Gasteiger partial charge in [-0.2, -0.15) is 5.26 Å². The number of benzene rings is 1. The lowest BCUT2D eigenvalue weighted by molar-refractivity contribution is 0.0951. The summed E-state index contributed by atoms with van der Waals surface area (Å²) in [6.07, 6.45) is 4.20. The standard InChI is InChI=1S/C19H19N3OS/c20-11-19(12-4-2-1-3-5-12)9-8-14-15(10-19)24-17(21)16(14)18(23)22-13-6-7-13/h1-5,13H,6-10,21H2,(H,22,23). The monoisotopic (exact) mass is 337 g/mol. The number of nitrogens with two attached hydrogens (primary N) is 1. The zero-order chi connectivity index (χ0) is 16.7. The molecule has 24 heavy (non-hydrogen) atoms. The Balaban J connectivity index is 1.69. The molecular formula is C19H19N3OS. The third-order valence-electron chi connectivity index (χ3n) is 5.06. The maximum absolute atomic E-state index is 12.5. The number of nitrogen functional groups attached to an aromatic ring is 1. The maximum Gasteiger partial charge on any atom is 0.254 e. The van der Waals surface area contributed by atoms with Crippen LogP contribution in [-0.4, -0.2) is 11.9 Å². The van der Waals surface area contributed by atoms with Gasteiger partial charge in [0.15, 0.2) is 0 Å². The summed E-state index contributed by atoms with van der Waals surface area (Å²) in [5.41, 5.74) is 8.40. The Bertz CT molecular complexity index is 832. The summed E-state index contributed by atoms with van der Waals surface area (Å²) in [5.74, 6) is -0.0448. The normalized spacial score (nSPS) is 22.5. The summed E-state index contributed by atoms with van der Waals surface area (Å²) >= 11 is 1.47. The van der Waals surface area contributed by atoms with Crippen LogP contribution in [0.1, 0.15) is 45.6 Å². The average molecular weight is 337 g/mol. The molecule has 5 heteroatoms. The van der Waals surface area contributed by atoms with E-state index in [4.69, 9.17) is 5.73 Å². The van der Waals surface area contributed by atoms with E-state index in [2.05, 4.69) is 11.4 Å². The van der Waals surface area contributed by atoms with Crippen molar-refractivity contribution in [2.75, 3.05) is 5.73 Å². The number of thiophene rings is 1. The molecule has 0 radical (unpaired) electrons. The lowest BCUT2D eigenvalue weighted by atomic mass is 9.70. The summed E-state index contributed by atoms with van der Waals surface area (Å²) in [5, 5.41) is 13.5. The first kappa shape index (κ1) is 15.2. The van der Waals surface area contributed by atoms with Crippen molar-refractivity contribution >= 4 is 22.2 Å². The van der Waals surface area contributed by atoms with Gasteiger partial charge in [-0.3, -0.25) is 4.79 Å². The molecule has 1 fully saturated rings. The molecule has 1 saturated carbocycles. The van der Waals surface area contributed by atoms with Crippen molar-refractivity contribution in [2.45, 2.75) is 43.6 Å². The van der Waals surface area contributed by atoms with E-state index in [1.54, 1.807) is 0 Å². The molecule has 3 N–H and O–H groups in total. The van der Waals surface area contributed by atoms with Crippen LogP contribution < -0.4 is 11.1 Å². The summed E-state index contributed by atoms with van der Waals surface area (Å²) in [7, 11) is 0. The van der Waals surface area contributed by atoms with Crippen LogP contribution in [0.4, 0.5) is 5.00 Å². The minimum Gasteiger partial charge on any atom is -0.390 e. The van der Waals surface area contributed by atoms with Crippen molar-refractivity contribution in [1.82, 2.24) is 5.32 Å². The van der Waals surface area contributed by atoms with Gasteiger partial charge in [0.2, 0.25) is 0 Å². The summed E-state index contributed by atoms with van der Waals surface area (Å²) < 4.78 is 0. The zero-order valence-electron chi connectivity index (χ0n) is 13.3. The van der Waals surface area contributed by atoms with Gasteiger partial charge in [-0.15, -0.1) is 11.3 Å². The van der Waals surface area contributed by atoms with E-state index in [1.165, 1.54) is 11.3 Å². The molecule has 2 aliphatic carbocycles. The fourth-order valence-electron chi connectivity index (χ4n) is 3.54. The number of nitriles is 1. The van der Waals surface area contributed by atoms with Crippen LogP contribution in [0.2, 0.25) is 0 Å². The largest absolute Gasteiger partial charge is 0.390 e. The Hall–Kier alpha value is -2.32. The van der Waals surface area contributed by atoms with Gasteiger partial charge in [-0.1, -0.05) is 30.3 Å². The summed E-state index contributed by atoms with van der Waals surface area (Å²) in [6.45, 7) is 0. The summed E-state index contributed by atoms with van der Waals surface area (Å²) in [4.78, 5) is 13.6. The van der Waals surface area contributed by atoms with Gasteiger partial charge in [0, 0.05) is 17.3 Å². The molecule has 1 aromatic heterocycles. The average Bonchev–Trinajstić information content (AvgIpc) is 3.35. The molecule has 0 bridgehead atoms. The number of amides is 1. The Morgan fingerprint density at radius 1 is 1.33 bits per heavy atom. The summed E-state index contributed by atoms with van der Waals surface area (Å²) in [6, 6.07) is 12.8. The van der Waals surface area contributed by atoms with Gasteiger partial charge in [0.25, 0.3) is 5.91 Å². The smallest absolute Gasteiger partial charge is 0.254 e. The van der Waals surface area contributed by atoms with Crippen LogP contribution in [0.25, 0.3) is 0 Å². The number of nitrogens with one attached hydrogen (secondary N) is 1. The van der Waals surface area contributed by atoms with E-state index in [9.17, 15) is 10.1 Å². The fourth-order valence-corrected chi connectivity index (χ4v) is 4.77. The molecule has 1 heterocycles. The van der Waals surface area contributed by atoms with Crippen LogP contribution in [0, 0.1) is 11.3 Å². The van der Waals surface area contributed by atoms with Crippen molar-refractivity contribution < 1.29 is 4.79 Å². The van der Waals surface area contributed by atoms with Crippen LogP contribution in [0.15, 0.2) is 30.3 Å². The van der Waals surface area contributed by atoms with E-state index in [1.807, 2.05) is 30.3 Å². The first-order valence-electron chi connectivity index (χ1n) is 8.30. The van der Waals surface area contributed by atoms with E-state index in [0.717, 1.165) is 41.7 Å². The van der Waals surface area contributed by atoms with E-state index in [0.29, 0.717) is 23.0 Å². The van der Waals surface area contributed by atoms with Crippen LogP contribution >= 0.6 is 11.3 Å².